The highest BCUT2D eigenvalue weighted by Crippen LogP contribution is 2.16. The Balaban J connectivity index is 1.59. The number of aromatic nitrogens is 4. The molecule has 0 bridgehead atoms. The highest BCUT2D eigenvalue weighted by molar-refractivity contribution is 5.81. The number of carbonyl (C=O) groups is 2. The van der Waals surface area contributed by atoms with Gasteiger partial charge in [0.25, 0.3) is 0 Å². The molecule has 0 aliphatic carbocycles. The summed E-state index contributed by atoms with van der Waals surface area (Å²) in [6.07, 6.45) is 27.6. The number of aromatic amines is 1. The van der Waals surface area contributed by atoms with Gasteiger partial charge in [-0.05, 0) is 71.0 Å². The highest BCUT2D eigenvalue weighted by atomic mass is 16.5. The third-order valence-corrected chi connectivity index (χ3v) is 8.45. The van der Waals surface area contributed by atoms with Crippen molar-refractivity contribution in [3.63, 3.8) is 0 Å². The molecule has 0 aliphatic heterocycles. The maximum atomic E-state index is 12.4. The van der Waals surface area contributed by atoms with Crippen LogP contribution in [0.4, 0.5) is 5.82 Å². The first-order valence-electron chi connectivity index (χ1n) is 17.9. The first-order valence-corrected chi connectivity index (χ1v) is 17.9. The number of anilines is 1. The first kappa shape index (κ1) is 37.6. The summed E-state index contributed by atoms with van der Waals surface area (Å²) in [6.45, 7) is 8.51. The molecule has 0 aromatic carbocycles. The summed E-state index contributed by atoms with van der Waals surface area (Å²) < 4.78 is 5.77. The monoisotopic (exact) mass is 614 g/mol. The van der Waals surface area contributed by atoms with Crippen molar-refractivity contribution in [2.45, 2.75) is 155 Å². The minimum Gasteiger partial charge on any atom is -0.462 e. The Morgan fingerprint density at radius 2 is 1.50 bits per heavy atom. The fraction of sp³-hybridized carbons (Fsp3) is 0.800. The molecule has 9 nitrogen and oxygen atoms in total. The SMILES string of the molecule is CCCCCCCCC(CC)OC(=O)CCCCCCCN(CCCCCCCC=O)CCCNc1ncnc2nc[nH]c12. The van der Waals surface area contributed by atoms with Crippen molar-refractivity contribution < 1.29 is 14.3 Å². The van der Waals surface area contributed by atoms with Gasteiger partial charge in [-0.15, -0.1) is 0 Å². The molecule has 2 rings (SSSR count). The summed E-state index contributed by atoms with van der Waals surface area (Å²) in [5.74, 6) is 0.797. The minimum absolute atomic E-state index is 0.0102. The van der Waals surface area contributed by atoms with E-state index < -0.39 is 0 Å². The zero-order valence-electron chi connectivity index (χ0n) is 28.0. The largest absolute Gasteiger partial charge is 0.462 e. The van der Waals surface area contributed by atoms with E-state index in [4.69, 9.17) is 4.74 Å². The highest BCUT2D eigenvalue weighted by Gasteiger charge is 2.12. The van der Waals surface area contributed by atoms with E-state index in [1.54, 1.807) is 12.7 Å². The molecule has 1 unspecified atom stereocenters. The fourth-order valence-electron chi connectivity index (χ4n) is 5.72. The second-order valence-electron chi connectivity index (χ2n) is 12.3. The number of hydrogen-bond donors (Lipinski definition) is 2. The summed E-state index contributed by atoms with van der Waals surface area (Å²) >= 11 is 0. The normalized spacial score (nSPS) is 12.2. The van der Waals surface area contributed by atoms with Crippen LogP contribution < -0.4 is 5.32 Å². The Kier molecular flexibility index (Phi) is 22.0. The van der Waals surface area contributed by atoms with Crippen LogP contribution in [0.3, 0.4) is 0 Å². The minimum atomic E-state index is -0.0102. The molecular formula is C35H62N6O3. The predicted molar refractivity (Wildman–Crippen MR) is 181 cm³/mol. The van der Waals surface area contributed by atoms with E-state index in [1.165, 1.54) is 77.0 Å². The molecular weight excluding hydrogens is 552 g/mol. The van der Waals surface area contributed by atoms with Gasteiger partial charge in [0, 0.05) is 19.4 Å². The molecule has 2 aromatic rings. The van der Waals surface area contributed by atoms with Crippen LogP contribution in [0.1, 0.15) is 149 Å². The fourth-order valence-corrected chi connectivity index (χ4v) is 5.72. The van der Waals surface area contributed by atoms with Crippen LogP contribution in [0.2, 0.25) is 0 Å². The Hall–Kier alpha value is -2.55. The first-order chi connectivity index (χ1) is 21.7. The van der Waals surface area contributed by atoms with E-state index in [1.807, 2.05) is 0 Å². The lowest BCUT2D eigenvalue weighted by atomic mass is 10.1. The number of nitrogens with zero attached hydrogens (tertiary/aromatic N) is 4. The van der Waals surface area contributed by atoms with Crippen molar-refractivity contribution in [2.75, 3.05) is 31.5 Å². The van der Waals surface area contributed by atoms with E-state index in [0.717, 1.165) is 88.7 Å². The molecule has 2 aromatic heterocycles. The molecule has 0 radical (unpaired) electrons. The number of ether oxygens (including phenoxy) is 1. The lowest BCUT2D eigenvalue weighted by Gasteiger charge is -2.22. The number of esters is 1. The molecule has 0 spiro atoms. The van der Waals surface area contributed by atoms with E-state index in [0.29, 0.717) is 18.5 Å². The number of aldehydes is 1. The number of imidazole rings is 1. The van der Waals surface area contributed by atoms with Gasteiger partial charge in [0.15, 0.2) is 11.5 Å². The second-order valence-corrected chi connectivity index (χ2v) is 12.3. The van der Waals surface area contributed by atoms with Gasteiger partial charge >= 0.3 is 5.97 Å². The summed E-state index contributed by atoms with van der Waals surface area (Å²) in [4.78, 5) is 41.4. The average Bonchev–Trinajstić information content (AvgIpc) is 3.52. The zero-order chi connectivity index (χ0) is 31.5. The lowest BCUT2D eigenvalue weighted by molar-refractivity contribution is -0.149. The molecule has 0 fully saturated rings. The molecule has 9 heteroatoms. The van der Waals surface area contributed by atoms with Crippen LogP contribution in [-0.4, -0.2) is 69.4 Å². The number of hydrogen-bond acceptors (Lipinski definition) is 8. The van der Waals surface area contributed by atoms with E-state index in [9.17, 15) is 9.59 Å². The van der Waals surface area contributed by atoms with Gasteiger partial charge in [0.05, 0.1) is 6.33 Å². The van der Waals surface area contributed by atoms with Crippen LogP contribution in [0.5, 0.6) is 0 Å². The Labute approximate surface area is 267 Å². The molecule has 2 N–H and O–H groups in total. The quantitative estimate of drug-likeness (QED) is 0.0512. The zero-order valence-corrected chi connectivity index (χ0v) is 28.0. The van der Waals surface area contributed by atoms with E-state index in [2.05, 4.69) is 44.0 Å². The molecule has 0 saturated carbocycles. The molecule has 2 heterocycles. The molecule has 44 heavy (non-hydrogen) atoms. The van der Waals surface area contributed by atoms with Gasteiger partial charge in [0.2, 0.25) is 0 Å². The van der Waals surface area contributed by atoms with Crippen LogP contribution in [0, 0.1) is 0 Å². The maximum absolute atomic E-state index is 12.4. The topological polar surface area (TPSA) is 113 Å². The second kappa shape index (κ2) is 25.7. The maximum Gasteiger partial charge on any atom is 0.306 e. The molecule has 0 amide bonds. The number of nitrogens with one attached hydrogen (secondary N) is 2. The Morgan fingerprint density at radius 3 is 2.23 bits per heavy atom. The summed E-state index contributed by atoms with van der Waals surface area (Å²) in [7, 11) is 0. The van der Waals surface area contributed by atoms with Crippen LogP contribution >= 0.6 is 0 Å². The van der Waals surface area contributed by atoms with Gasteiger partial charge in [-0.25, -0.2) is 15.0 Å². The molecule has 250 valence electrons. The van der Waals surface area contributed by atoms with Crippen molar-refractivity contribution in [3.05, 3.63) is 12.7 Å². The molecule has 0 aliphatic rings. The van der Waals surface area contributed by atoms with Gasteiger partial charge in [0.1, 0.15) is 24.2 Å². The lowest BCUT2D eigenvalue weighted by Crippen LogP contribution is -2.28. The third kappa shape index (κ3) is 17.7. The number of rotatable bonds is 30. The number of unbranched alkanes of at least 4 members (excludes halogenated alkanes) is 14. The van der Waals surface area contributed by atoms with Crippen LogP contribution in [0.25, 0.3) is 11.2 Å². The smallest absolute Gasteiger partial charge is 0.306 e. The Morgan fingerprint density at radius 1 is 0.841 bits per heavy atom. The number of carbonyl (C=O) groups excluding carboxylic acids is 2. The third-order valence-electron chi connectivity index (χ3n) is 8.45. The predicted octanol–water partition coefficient (Wildman–Crippen LogP) is 8.41. The summed E-state index contributed by atoms with van der Waals surface area (Å²) in [5.41, 5.74) is 1.54. The van der Waals surface area contributed by atoms with Crippen LogP contribution in [-0.2, 0) is 14.3 Å². The number of fused-ring (bicyclic) bond motifs is 1. The van der Waals surface area contributed by atoms with Crippen molar-refractivity contribution in [1.82, 2.24) is 24.8 Å². The van der Waals surface area contributed by atoms with Crippen molar-refractivity contribution in [1.29, 1.82) is 0 Å². The summed E-state index contributed by atoms with van der Waals surface area (Å²) in [5, 5.41) is 3.44. The van der Waals surface area contributed by atoms with Gasteiger partial charge in [-0.3, -0.25) is 4.79 Å². The van der Waals surface area contributed by atoms with E-state index in [-0.39, 0.29) is 12.1 Å². The van der Waals surface area contributed by atoms with Gasteiger partial charge in [-0.1, -0.05) is 84.5 Å². The molecule has 0 saturated heterocycles. The van der Waals surface area contributed by atoms with Gasteiger partial charge < -0.3 is 24.7 Å². The molecule has 1 atom stereocenters. The van der Waals surface area contributed by atoms with Crippen molar-refractivity contribution in [3.8, 4) is 0 Å². The van der Waals surface area contributed by atoms with E-state index >= 15 is 0 Å². The van der Waals surface area contributed by atoms with Crippen molar-refractivity contribution >= 4 is 29.2 Å². The average molecular weight is 615 g/mol. The summed E-state index contributed by atoms with van der Waals surface area (Å²) in [6, 6.07) is 0. The van der Waals surface area contributed by atoms with Crippen LogP contribution in [0.15, 0.2) is 12.7 Å². The Bertz CT molecular complexity index is 984. The number of H-pyrrole nitrogens is 1. The standard InChI is InChI=1S/C35H62N6O3/c1-3-5-6-7-11-16-22-31(4-2)44-32(43)23-17-12-10-14-19-26-41(25-18-13-8-9-15-20-28-42)27-21-24-36-34-33-35(38-29-37-33)40-30-39-34/h28-31H,3-27H2,1-2H3,(H2,36,37,38,39,40). The van der Waals surface area contributed by atoms with Crippen molar-refractivity contribution in [2.24, 2.45) is 0 Å². The van der Waals surface area contributed by atoms with Gasteiger partial charge in [-0.2, -0.15) is 0 Å².